The molecule has 0 bridgehead atoms. The van der Waals surface area contributed by atoms with E-state index in [0.29, 0.717) is 0 Å². The van der Waals surface area contributed by atoms with E-state index in [1.54, 1.807) is 7.05 Å². The van der Waals surface area contributed by atoms with Crippen LogP contribution < -0.4 is 11.2 Å². The molecule has 2 heterocycles. The summed E-state index contributed by atoms with van der Waals surface area (Å²) in [6.45, 7) is 0.0283. The third kappa shape index (κ3) is 2.78. The Hall–Kier alpha value is -2.10. The fraction of sp³-hybridized carbons (Fsp3) is 0.667. The molecule has 2 aromatic rings. The molecule has 0 aliphatic heterocycles. The van der Waals surface area contributed by atoms with E-state index in [1.807, 2.05) is 0 Å². The van der Waals surface area contributed by atoms with Crippen molar-refractivity contribution in [3.63, 3.8) is 0 Å². The molecule has 0 spiro atoms. The summed E-state index contributed by atoms with van der Waals surface area (Å²) >= 11 is 0. The number of aromatic nitrogens is 4. The summed E-state index contributed by atoms with van der Waals surface area (Å²) < 4.78 is 42.4. The summed E-state index contributed by atoms with van der Waals surface area (Å²) in [5, 5.41) is 9.72. The van der Waals surface area contributed by atoms with Gasteiger partial charge in [0, 0.05) is 20.6 Å². The zero-order chi connectivity index (χ0) is 18.6. The number of aryl methyl sites for hydroxylation is 2. The number of hydrogen-bond donors (Lipinski definition) is 1. The zero-order valence-corrected chi connectivity index (χ0v) is 13.9. The first-order valence-electron chi connectivity index (χ1n) is 7.95. The molecular formula is C15H19F3N4O3. The number of halogens is 3. The van der Waals surface area contributed by atoms with E-state index >= 15 is 0 Å². The first-order chi connectivity index (χ1) is 11.5. The molecule has 1 aliphatic carbocycles. The number of alkyl halides is 3. The van der Waals surface area contributed by atoms with E-state index in [2.05, 4.69) is 4.98 Å². The highest BCUT2D eigenvalue weighted by Gasteiger charge is 2.54. The van der Waals surface area contributed by atoms with E-state index in [4.69, 9.17) is 0 Å². The van der Waals surface area contributed by atoms with Crippen LogP contribution in [0.4, 0.5) is 13.2 Å². The Labute approximate surface area is 140 Å². The number of hydrogen-bond acceptors (Lipinski definition) is 4. The number of fused-ring (bicyclic) bond motifs is 1. The van der Waals surface area contributed by atoms with Crippen LogP contribution in [0.25, 0.3) is 11.2 Å². The molecule has 0 amide bonds. The van der Waals surface area contributed by atoms with Crippen molar-refractivity contribution >= 4 is 11.2 Å². The Kier molecular flexibility index (Phi) is 4.05. The second kappa shape index (κ2) is 5.72. The summed E-state index contributed by atoms with van der Waals surface area (Å²) in [4.78, 5) is 29.1. The molecule has 1 aliphatic rings. The van der Waals surface area contributed by atoms with Gasteiger partial charge in [0.15, 0.2) is 16.8 Å². The van der Waals surface area contributed by atoms with Crippen LogP contribution in [0, 0.1) is 5.92 Å². The molecule has 1 saturated carbocycles. The largest absolute Gasteiger partial charge is 0.417 e. The normalized spacial score (nSPS) is 24.8. The Morgan fingerprint density at radius 3 is 2.44 bits per heavy atom. The van der Waals surface area contributed by atoms with Gasteiger partial charge in [-0.3, -0.25) is 13.9 Å². The molecule has 1 N–H and O–H groups in total. The van der Waals surface area contributed by atoms with Crippen LogP contribution >= 0.6 is 0 Å². The third-order valence-electron chi connectivity index (χ3n) is 5.10. The molecule has 0 atom stereocenters. The molecule has 25 heavy (non-hydrogen) atoms. The number of nitrogens with zero attached hydrogens (tertiary/aromatic N) is 4. The van der Waals surface area contributed by atoms with Gasteiger partial charge < -0.3 is 9.67 Å². The standard InChI is InChI=1S/C15H19F3N4O3/c1-20-8-19-11-10(20)12(23)22(13(24)21(11)2)7-9-3-5-14(25,6-4-9)15(16,17)18/h8-9,25H,3-7H2,1-2H3/t9-,14+. The Bertz CT molecular complexity index is 917. The summed E-state index contributed by atoms with van der Waals surface area (Å²) in [6, 6.07) is 0. The first-order valence-corrected chi connectivity index (χ1v) is 7.95. The van der Waals surface area contributed by atoms with Gasteiger partial charge in [-0.15, -0.1) is 0 Å². The highest BCUT2D eigenvalue weighted by atomic mass is 19.4. The lowest BCUT2D eigenvalue weighted by molar-refractivity contribution is -0.272. The van der Waals surface area contributed by atoms with Gasteiger partial charge in [0.2, 0.25) is 0 Å². The molecule has 0 aromatic carbocycles. The SMILES string of the molecule is Cn1cnc2c1c(=O)n(C[C@H]1CC[C@](O)(C(F)(F)F)CC1)c(=O)n2C. The topological polar surface area (TPSA) is 82.1 Å². The maximum Gasteiger partial charge on any atom is 0.417 e. The van der Waals surface area contributed by atoms with E-state index < -0.39 is 35.9 Å². The van der Waals surface area contributed by atoms with Gasteiger partial charge in [-0.1, -0.05) is 0 Å². The van der Waals surface area contributed by atoms with Crippen molar-refractivity contribution in [1.29, 1.82) is 0 Å². The van der Waals surface area contributed by atoms with E-state index in [-0.39, 0.29) is 36.5 Å². The fourth-order valence-corrected chi connectivity index (χ4v) is 3.44. The third-order valence-corrected chi connectivity index (χ3v) is 5.10. The zero-order valence-electron chi connectivity index (χ0n) is 13.9. The van der Waals surface area contributed by atoms with Gasteiger partial charge in [-0.2, -0.15) is 13.2 Å². The molecular weight excluding hydrogens is 341 g/mol. The Morgan fingerprint density at radius 2 is 1.88 bits per heavy atom. The number of imidazole rings is 1. The molecule has 7 nitrogen and oxygen atoms in total. The maximum atomic E-state index is 12.9. The van der Waals surface area contributed by atoms with Gasteiger partial charge in [0.05, 0.1) is 6.33 Å². The molecule has 2 aromatic heterocycles. The van der Waals surface area contributed by atoms with Crippen LogP contribution in [0.15, 0.2) is 15.9 Å². The molecule has 138 valence electrons. The quantitative estimate of drug-likeness (QED) is 0.863. The Morgan fingerprint density at radius 1 is 1.28 bits per heavy atom. The van der Waals surface area contributed by atoms with Gasteiger partial charge in [0.1, 0.15) is 0 Å². The average Bonchev–Trinajstić information content (AvgIpc) is 2.92. The van der Waals surface area contributed by atoms with E-state index in [1.165, 1.54) is 22.5 Å². The summed E-state index contributed by atoms with van der Waals surface area (Å²) in [5.41, 5.74) is -3.19. The lowest BCUT2D eigenvalue weighted by atomic mass is 9.78. The minimum Gasteiger partial charge on any atom is -0.380 e. The van der Waals surface area contributed by atoms with Crippen molar-refractivity contribution in [2.45, 2.75) is 44.0 Å². The van der Waals surface area contributed by atoms with Crippen molar-refractivity contribution in [3.05, 3.63) is 27.2 Å². The van der Waals surface area contributed by atoms with Crippen LogP contribution in [-0.4, -0.2) is 35.6 Å². The Balaban J connectivity index is 1.89. The second-order valence-electron chi connectivity index (χ2n) is 6.76. The minimum atomic E-state index is -4.67. The van der Waals surface area contributed by atoms with Crippen molar-refractivity contribution < 1.29 is 18.3 Å². The van der Waals surface area contributed by atoms with Crippen molar-refractivity contribution in [2.75, 3.05) is 0 Å². The van der Waals surface area contributed by atoms with Gasteiger partial charge >= 0.3 is 11.9 Å². The number of rotatable bonds is 2. The van der Waals surface area contributed by atoms with Crippen molar-refractivity contribution in [1.82, 2.24) is 18.7 Å². The molecule has 1 fully saturated rings. The van der Waals surface area contributed by atoms with E-state index in [0.717, 1.165) is 4.57 Å². The fourth-order valence-electron chi connectivity index (χ4n) is 3.44. The monoisotopic (exact) mass is 360 g/mol. The van der Waals surface area contributed by atoms with Crippen LogP contribution in [-0.2, 0) is 20.6 Å². The van der Waals surface area contributed by atoms with Gasteiger partial charge in [-0.25, -0.2) is 9.78 Å². The number of aliphatic hydroxyl groups is 1. The lowest BCUT2D eigenvalue weighted by Gasteiger charge is -2.37. The molecule has 0 unspecified atom stereocenters. The van der Waals surface area contributed by atoms with Crippen LogP contribution in [0.1, 0.15) is 25.7 Å². The van der Waals surface area contributed by atoms with Crippen LogP contribution in [0.2, 0.25) is 0 Å². The predicted octanol–water partition coefficient (Wildman–Crippen LogP) is 0.917. The highest BCUT2D eigenvalue weighted by Crippen LogP contribution is 2.43. The smallest absolute Gasteiger partial charge is 0.380 e. The maximum absolute atomic E-state index is 12.9. The van der Waals surface area contributed by atoms with Crippen molar-refractivity contribution in [2.24, 2.45) is 20.0 Å². The average molecular weight is 360 g/mol. The minimum absolute atomic E-state index is 0.0283. The molecule has 0 saturated heterocycles. The summed E-state index contributed by atoms with van der Waals surface area (Å²) in [7, 11) is 3.13. The van der Waals surface area contributed by atoms with Gasteiger partial charge in [-0.05, 0) is 31.6 Å². The summed E-state index contributed by atoms with van der Waals surface area (Å²) in [5.74, 6) is -0.279. The molecule has 3 rings (SSSR count). The van der Waals surface area contributed by atoms with Gasteiger partial charge in [0.25, 0.3) is 5.56 Å². The summed E-state index contributed by atoms with van der Waals surface area (Å²) in [6.07, 6.45) is -3.91. The highest BCUT2D eigenvalue weighted by molar-refractivity contribution is 5.69. The molecule has 0 radical (unpaired) electrons. The first kappa shape index (κ1) is 17.7. The second-order valence-corrected chi connectivity index (χ2v) is 6.76. The predicted molar refractivity (Wildman–Crippen MR) is 83.2 cm³/mol. The van der Waals surface area contributed by atoms with E-state index in [9.17, 15) is 27.9 Å². The van der Waals surface area contributed by atoms with Crippen LogP contribution in [0.5, 0.6) is 0 Å². The lowest BCUT2D eigenvalue weighted by Crippen LogP contribution is -2.49. The van der Waals surface area contributed by atoms with Crippen molar-refractivity contribution in [3.8, 4) is 0 Å². The molecule has 10 heteroatoms. The van der Waals surface area contributed by atoms with Crippen LogP contribution in [0.3, 0.4) is 0 Å².